The zero-order chi connectivity index (χ0) is 25.0. The highest BCUT2D eigenvalue weighted by atomic mass is 19.4. The Bertz CT molecular complexity index is 1270. The fourth-order valence-electron chi connectivity index (χ4n) is 4.66. The van der Waals surface area contributed by atoms with Gasteiger partial charge < -0.3 is 20.7 Å². The molecule has 5 rings (SSSR count). The number of nitrogens with zero attached hydrogens (tertiary/aromatic N) is 4. The van der Waals surface area contributed by atoms with E-state index in [-0.39, 0.29) is 29.1 Å². The van der Waals surface area contributed by atoms with Crippen molar-refractivity contribution in [2.75, 3.05) is 18.8 Å². The van der Waals surface area contributed by atoms with Crippen LogP contribution in [-0.2, 0) is 12.0 Å². The number of carbonyl (C=O) groups excluding carboxylic acids is 1. The number of amides is 2. The monoisotopic (exact) mass is 490 g/mol. The van der Waals surface area contributed by atoms with Crippen LogP contribution in [0, 0.1) is 5.82 Å². The van der Waals surface area contributed by atoms with Crippen LogP contribution in [-0.4, -0.2) is 45.1 Å². The van der Waals surface area contributed by atoms with Crippen molar-refractivity contribution in [1.29, 1.82) is 0 Å². The van der Waals surface area contributed by atoms with Crippen LogP contribution < -0.4 is 15.8 Å². The standard InChI is InChI=1S/C23H22F4N6O2/c1-13(14-2-4-16(24)5-3-14)30-21(34)32-11-22(12-32)6-7-33-19(22)9-17(31-33)15-8-18(20(28)29-10-15)35-23(25,26)27/h2-5,8-10,13H,6-7,11-12H2,1H3,(H2,28,29)(H,30,34)/t13-/m1/s1. The minimum absolute atomic E-state index is 0.220. The van der Waals surface area contributed by atoms with Crippen LogP contribution in [0.5, 0.6) is 5.75 Å². The maximum Gasteiger partial charge on any atom is 0.573 e. The molecule has 0 unspecified atom stereocenters. The van der Waals surface area contributed by atoms with E-state index in [2.05, 4.69) is 20.1 Å². The SMILES string of the molecule is C[C@@H](NC(=O)N1CC2(CCn3nc(-c4cnc(N)c(OC(F)(F)F)c4)cc32)C1)c1ccc(F)cc1. The molecule has 8 nitrogen and oxygen atoms in total. The minimum Gasteiger partial charge on any atom is -0.402 e. The predicted molar refractivity (Wildman–Crippen MR) is 118 cm³/mol. The summed E-state index contributed by atoms with van der Waals surface area (Å²) < 4.78 is 56.9. The van der Waals surface area contributed by atoms with Crippen LogP contribution >= 0.6 is 0 Å². The van der Waals surface area contributed by atoms with Gasteiger partial charge in [0, 0.05) is 42.5 Å². The third-order valence-corrected chi connectivity index (χ3v) is 6.51. The van der Waals surface area contributed by atoms with Crippen molar-refractivity contribution in [1.82, 2.24) is 25.0 Å². The van der Waals surface area contributed by atoms with Gasteiger partial charge in [-0.05, 0) is 43.2 Å². The number of nitrogen functional groups attached to an aromatic ring is 1. The second-order valence-corrected chi connectivity index (χ2v) is 8.90. The first-order chi connectivity index (χ1) is 16.5. The number of alkyl halides is 3. The number of ether oxygens (including phenoxy) is 1. The lowest BCUT2D eigenvalue weighted by molar-refractivity contribution is -0.274. The van der Waals surface area contributed by atoms with Crippen molar-refractivity contribution >= 4 is 11.8 Å². The summed E-state index contributed by atoms with van der Waals surface area (Å²) in [5.74, 6) is -1.29. The van der Waals surface area contributed by atoms with E-state index in [9.17, 15) is 22.4 Å². The lowest BCUT2D eigenvalue weighted by atomic mass is 9.76. The average molecular weight is 490 g/mol. The van der Waals surface area contributed by atoms with E-state index >= 15 is 0 Å². The van der Waals surface area contributed by atoms with Gasteiger partial charge in [0.25, 0.3) is 0 Å². The lowest BCUT2D eigenvalue weighted by Gasteiger charge is -2.47. The first-order valence-corrected chi connectivity index (χ1v) is 10.9. The molecule has 1 saturated heterocycles. The highest BCUT2D eigenvalue weighted by molar-refractivity contribution is 5.76. The maximum atomic E-state index is 13.1. The number of nitrogens with two attached hydrogens (primary N) is 1. The largest absolute Gasteiger partial charge is 0.573 e. The Kier molecular flexibility index (Phi) is 5.33. The van der Waals surface area contributed by atoms with E-state index in [1.807, 2.05) is 17.7 Å². The average Bonchev–Trinajstić information content (AvgIpc) is 3.33. The van der Waals surface area contributed by atoms with Gasteiger partial charge in [-0.1, -0.05) is 12.1 Å². The number of pyridine rings is 1. The first kappa shape index (κ1) is 22.9. The minimum atomic E-state index is -4.89. The van der Waals surface area contributed by atoms with Gasteiger partial charge in [-0.2, -0.15) is 5.10 Å². The van der Waals surface area contributed by atoms with E-state index < -0.39 is 12.1 Å². The summed E-state index contributed by atoms with van der Waals surface area (Å²) in [6, 6.07) is 8.43. The number of hydrogen-bond donors (Lipinski definition) is 2. The smallest absolute Gasteiger partial charge is 0.402 e. The highest BCUT2D eigenvalue weighted by Crippen LogP contribution is 2.44. The number of benzene rings is 1. The molecule has 35 heavy (non-hydrogen) atoms. The van der Waals surface area contributed by atoms with E-state index in [4.69, 9.17) is 5.73 Å². The molecule has 1 atom stereocenters. The number of hydrogen-bond acceptors (Lipinski definition) is 5. The van der Waals surface area contributed by atoms with Crippen LogP contribution in [0.1, 0.15) is 30.6 Å². The normalized spacial score (nSPS) is 17.1. The second kappa shape index (κ2) is 8.14. The summed E-state index contributed by atoms with van der Waals surface area (Å²) in [5.41, 5.74) is 7.76. The number of anilines is 1. The molecule has 2 aliphatic rings. The van der Waals surface area contributed by atoms with E-state index in [0.29, 0.717) is 30.9 Å². The second-order valence-electron chi connectivity index (χ2n) is 8.90. The van der Waals surface area contributed by atoms with Crippen LogP contribution in [0.4, 0.5) is 28.2 Å². The van der Waals surface area contributed by atoms with Gasteiger partial charge in [-0.3, -0.25) is 4.68 Å². The van der Waals surface area contributed by atoms with Gasteiger partial charge in [0.05, 0.1) is 11.7 Å². The summed E-state index contributed by atoms with van der Waals surface area (Å²) in [6.45, 7) is 3.44. The summed E-state index contributed by atoms with van der Waals surface area (Å²) in [6.07, 6.45) is -2.74. The summed E-state index contributed by atoms with van der Waals surface area (Å²) in [5, 5.41) is 7.45. The third kappa shape index (κ3) is 4.35. The van der Waals surface area contributed by atoms with Gasteiger partial charge in [0.1, 0.15) is 5.82 Å². The number of aromatic nitrogens is 3. The first-order valence-electron chi connectivity index (χ1n) is 10.9. The van der Waals surface area contributed by atoms with E-state index in [1.54, 1.807) is 17.0 Å². The Labute approximate surface area is 197 Å². The number of rotatable bonds is 4. The molecule has 1 aromatic carbocycles. The van der Waals surface area contributed by atoms with Crippen LogP contribution in [0.15, 0.2) is 42.6 Å². The van der Waals surface area contributed by atoms with Crippen molar-refractivity contribution in [2.24, 2.45) is 0 Å². The molecule has 0 aliphatic carbocycles. The number of fused-ring (bicyclic) bond motifs is 2. The summed E-state index contributed by atoms with van der Waals surface area (Å²) >= 11 is 0. The Morgan fingerprint density at radius 2 is 1.94 bits per heavy atom. The molecule has 0 bridgehead atoms. The molecule has 0 radical (unpaired) electrons. The molecule has 4 heterocycles. The molecule has 1 spiro atoms. The van der Waals surface area contributed by atoms with Crippen LogP contribution in [0.2, 0.25) is 0 Å². The molecular weight excluding hydrogens is 468 g/mol. The van der Waals surface area contributed by atoms with Gasteiger partial charge in [-0.25, -0.2) is 14.2 Å². The molecule has 3 N–H and O–H groups in total. The third-order valence-electron chi connectivity index (χ3n) is 6.51. The van der Waals surface area contributed by atoms with E-state index in [0.717, 1.165) is 23.7 Å². The quantitative estimate of drug-likeness (QED) is 0.539. The van der Waals surface area contributed by atoms with Gasteiger partial charge in [-0.15, -0.1) is 13.2 Å². The number of urea groups is 1. The fraction of sp³-hybridized carbons (Fsp3) is 0.348. The topological polar surface area (TPSA) is 98.3 Å². The number of carbonyl (C=O) groups is 1. The Balaban J connectivity index is 1.28. The van der Waals surface area contributed by atoms with Crippen molar-refractivity contribution < 1.29 is 27.1 Å². The number of aryl methyl sites for hydroxylation is 1. The van der Waals surface area contributed by atoms with Gasteiger partial charge in [0.2, 0.25) is 0 Å². The Morgan fingerprint density at radius 3 is 2.63 bits per heavy atom. The summed E-state index contributed by atoms with van der Waals surface area (Å²) in [4.78, 5) is 18.2. The lowest BCUT2D eigenvalue weighted by Crippen LogP contribution is -2.62. The molecular formula is C23H22F4N6O2. The molecule has 184 valence electrons. The Morgan fingerprint density at radius 1 is 1.23 bits per heavy atom. The molecule has 2 aliphatic heterocycles. The van der Waals surface area contributed by atoms with E-state index in [1.165, 1.54) is 18.3 Å². The fourth-order valence-corrected chi connectivity index (χ4v) is 4.66. The predicted octanol–water partition coefficient (Wildman–Crippen LogP) is 3.99. The molecule has 2 aromatic heterocycles. The zero-order valence-electron chi connectivity index (χ0n) is 18.6. The Hall–Kier alpha value is -3.83. The zero-order valence-corrected chi connectivity index (χ0v) is 18.6. The van der Waals surface area contributed by atoms with Gasteiger partial charge >= 0.3 is 12.4 Å². The molecule has 2 amide bonds. The number of likely N-dealkylation sites (tertiary alicyclic amines) is 1. The van der Waals surface area contributed by atoms with Crippen LogP contribution in [0.3, 0.4) is 0 Å². The maximum absolute atomic E-state index is 13.1. The summed E-state index contributed by atoms with van der Waals surface area (Å²) in [7, 11) is 0. The van der Waals surface area contributed by atoms with Crippen molar-refractivity contribution in [3.63, 3.8) is 0 Å². The van der Waals surface area contributed by atoms with Crippen molar-refractivity contribution in [2.45, 2.75) is 37.7 Å². The highest BCUT2D eigenvalue weighted by Gasteiger charge is 2.51. The van der Waals surface area contributed by atoms with Crippen LogP contribution in [0.25, 0.3) is 11.3 Å². The van der Waals surface area contributed by atoms with Crippen molar-refractivity contribution in [3.8, 4) is 17.0 Å². The van der Waals surface area contributed by atoms with Gasteiger partial charge in [0.15, 0.2) is 11.6 Å². The van der Waals surface area contributed by atoms with Crippen molar-refractivity contribution in [3.05, 3.63) is 59.7 Å². The number of nitrogens with one attached hydrogen (secondary N) is 1. The molecule has 0 saturated carbocycles. The molecule has 3 aromatic rings. The molecule has 1 fully saturated rings. The number of halogens is 4. The molecule has 12 heteroatoms.